The van der Waals surface area contributed by atoms with Gasteiger partial charge in [0.05, 0.1) is 21.8 Å². The van der Waals surface area contributed by atoms with Gasteiger partial charge in [0.15, 0.2) is 0 Å². The molecule has 0 bridgehead atoms. The number of hydrazine groups is 1. The van der Waals surface area contributed by atoms with Crippen molar-refractivity contribution >= 4 is 58.0 Å². The second-order valence-corrected chi connectivity index (χ2v) is 11.0. The maximum atomic E-state index is 13.0. The molecule has 1 atom stereocenters. The van der Waals surface area contributed by atoms with Crippen LogP contribution in [-0.2, 0) is 14.4 Å². The second kappa shape index (κ2) is 14.1. The number of nitrogens with two attached hydrogens (primary N) is 1. The first-order valence-corrected chi connectivity index (χ1v) is 14.7. The third-order valence-electron chi connectivity index (χ3n) is 7.44. The second-order valence-electron chi connectivity index (χ2n) is 10.6. The highest BCUT2D eigenvalue weighted by atomic mass is 35.5. The van der Waals surface area contributed by atoms with Crippen molar-refractivity contribution in [1.29, 1.82) is 0 Å². The number of aromatic nitrogens is 2. The van der Waals surface area contributed by atoms with Gasteiger partial charge in [-0.2, -0.15) is 0 Å². The van der Waals surface area contributed by atoms with Gasteiger partial charge in [-0.25, -0.2) is 20.6 Å². The number of likely N-dealkylation sites (tertiary alicyclic amines) is 1. The molecule has 1 unspecified atom stereocenters. The largest absolute Gasteiger partial charge is 0.481 e. The van der Waals surface area contributed by atoms with Crippen molar-refractivity contribution in [3.05, 3.63) is 88.1 Å². The van der Waals surface area contributed by atoms with Crippen molar-refractivity contribution in [2.75, 3.05) is 11.9 Å². The highest BCUT2D eigenvalue weighted by molar-refractivity contribution is 6.32. The molecule has 3 heterocycles. The van der Waals surface area contributed by atoms with E-state index >= 15 is 0 Å². The summed E-state index contributed by atoms with van der Waals surface area (Å²) in [4.78, 5) is 70.1. The van der Waals surface area contributed by atoms with Gasteiger partial charge >= 0.3 is 11.9 Å². The van der Waals surface area contributed by atoms with E-state index in [2.05, 4.69) is 32.6 Å². The SMILES string of the molecule is NNC(=O)c1cc(-c2ccc(C#Cc3ccc(C(=O)N4CCCCC4C(=O)O)cc3Cl)cc2)nc2cc(NC(=O)CC(=O)O)ncc12. The lowest BCUT2D eigenvalue weighted by atomic mass is 10.0. The van der Waals surface area contributed by atoms with Gasteiger partial charge in [-0.1, -0.05) is 35.6 Å². The molecular weight excluding hydrogens is 628 g/mol. The molecule has 1 fully saturated rings. The summed E-state index contributed by atoms with van der Waals surface area (Å²) in [5, 5.41) is 21.4. The number of halogens is 1. The number of carboxylic acid groups (broad SMARTS) is 2. The minimum absolute atomic E-state index is 0.0603. The van der Waals surface area contributed by atoms with E-state index in [9.17, 15) is 29.1 Å². The van der Waals surface area contributed by atoms with Gasteiger partial charge in [0, 0.05) is 46.4 Å². The number of nitrogen functional groups attached to an aromatic ring is 1. The Morgan fingerprint density at radius 2 is 1.77 bits per heavy atom. The third kappa shape index (κ3) is 7.52. The maximum Gasteiger partial charge on any atom is 0.326 e. The standard InChI is InChI=1S/C33H27ClN6O7/c34-24-13-21(32(45)40-12-2-1-3-27(40)33(46)47)11-10-19(24)7-4-18-5-8-20(9-6-18)25-14-22(31(44)39-35)23-17-36-28(15-26(23)37-25)38-29(41)16-30(42)43/h5-6,8-11,13-15,17,27H,1-3,12,16,35H2,(H,39,44)(H,42,43)(H,46,47)(H,36,38,41). The number of hydrogen-bond acceptors (Lipinski definition) is 8. The molecule has 5 rings (SSSR count). The fraction of sp³-hybridized carbons (Fsp3) is 0.182. The molecule has 13 nitrogen and oxygen atoms in total. The summed E-state index contributed by atoms with van der Waals surface area (Å²) in [6, 6.07) is 13.8. The summed E-state index contributed by atoms with van der Waals surface area (Å²) in [6.07, 6.45) is 2.49. The highest BCUT2D eigenvalue weighted by Gasteiger charge is 2.32. The molecular formula is C33H27ClN6O7. The molecule has 0 spiro atoms. The van der Waals surface area contributed by atoms with Crippen LogP contribution in [0.3, 0.4) is 0 Å². The Morgan fingerprint density at radius 1 is 1.00 bits per heavy atom. The Morgan fingerprint density at radius 3 is 2.45 bits per heavy atom. The fourth-order valence-corrected chi connectivity index (χ4v) is 5.37. The molecule has 0 saturated carbocycles. The lowest BCUT2D eigenvalue weighted by Gasteiger charge is -2.33. The van der Waals surface area contributed by atoms with Gasteiger partial charge in [-0.15, -0.1) is 0 Å². The van der Waals surface area contributed by atoms with Gasteiger partial charge in [-0.3, -0.25) is 24.6 Å². The smallest absolute Gasteiger partial charge is 0.326 e. The van der Waals surface area contributed by atoms with Crippen LogP contribution in [0.4, 0.5) is 5.82 Å². The van der Waals surface area contributed by atoms with Crippen LogP contribution in [0, 0.1) is 11.8 Å². The average molecular weight is 655 g/mol. The summed E-state index contributed by atoms with van der Waals surface area (Å²) in [6.45, 7) is 0.367. The summed E-state index contributed by atoms with van der Waals surface area (Å²) >= 11 is 6.45. The molecule has 47 heavy (non-hydrogen) atoms. The van der Waals surface area contributed by atoms with Gasteiger partial charge in [0.25, 0.3) is 11.8 Å². The van der Waals surface area contributed by atoms with Crippen molar-refractivity contribution in [2.45, 2.75) is 31.7 Å². The van der Waals surface area contributed by atoms with Gasteiger partial charge in [-0.05, 0) is 55.7 Å². The highest BCUT2D eigenvalue weighted by Crippen LogP contribution is 2.27. The van der Waals surface area contributed by atoms with E-state index in [1.807, 2.05) is 0 Å². The number of hydrogen-bond donors (Lipinski definition) is 5. The molecule has 1 saturated heterocycles. The minimum Gasteiger partial charge on any atom is -0.481 e. The van der Waals surface area contributed by atoms with E-state index in [1.54, 1.807) is 42.5 Å². The first-order valence-electron chi connectivity index (χ1n) is 14.3. The van der Waals surface area contributed by atoms with E-state index in [0.717, 1.165) is 12.8 Å². The van der Waals surface area contributed by atoms with Crippen LogP contribution in [0.15, 0.2) is 60.8 Å². The molecule has 2 aromatic carbocycles. The number of piperidine rings is 1. The van der Waals surface area contributed by atoms with Crippen LogP contribution in [-0.4, -0.2) is 67.3 Å². The summed E-state index contributed by atoms with van der Waals surface area (Å²) in [7, 11) is 0. The summed E-state index contributed by atoms with van der Waals surface area (Å²) in [5.41, 5.74) is 5.03. The van der Waals surface area contributed by atoms with E-state index in [0.29, 0.717) is 46.3 Å². The Hall–Kier alpha value is -5.84. The Kier molecular flexibility index (Phi) is 9.74. The van der Waals surface area contributed by atoms with Gasteiger partial charge in [0.1, 0.15) is 18.3 Å². The Labute approximate surface area is 272 Å². The van der Waals surface area contributed by atoms with Crippen molar-refractivity contribution < 1.29 is 34.2 Å². The molecule has 14 heteroatoms. The normalized spacial score (nSPS) is 14.1. The topological polar surface area (TPSA) is 205 Å². The van der Waals surface area contributed by atoms with Gasteiger partial charge < -0.3 is 20.4 Å². The van der Waals surface area contributed by atoms with Crippen molar-refractivity contribution in [3.63, 3.8) is 0 Å². The van der Waals surface area contributed by atoms with E-state index in [4.69, 9.17) is 22.6 Å². The van der Waals surface area contributed by atoms with Crippen molar-refractivity contribution in [3.8, 4) is 23.1 Å². The number of pyridine rings is 2. The number of fused-ring (bicyclic) bond motifs is 1. The minimum atomic E-state index is -1.29. The molecule has 0 aliphatic carbocycles. The first-order chi connectivity index (χ1) is 22.5. The quantitative estimate of drug-likeness (QED) is 0.0645. The predicted octanol–water partition coefficient (Wildman–Crippen LogP) is 3.45. The fourth-order valence-electron chi connectivity index (χ4n) is 5.14. The number of nitrogens with one attached hydrogen (secondary N) is 2. The van der Waals surface area contributed by atoms with Crippen molar-refractivity contribution in [2.24, 2.45) is 5.84 Å². The molecule has 3 amide bonds. The van der Waals surface area contributed by atoms with Crippen LogP contribution < -0.4 is 16.6 Å². The maximum absolute atomic E-state index is 13.0. The first kappa shape index (κ1) is 32.6. The third-order valence-corrected chi connectivity index (χ3v) is 7.75. The van der Waals surface area contributed by atoms with E-state index in [1.165, 1.54) is 23.2 Å². The molecule has 1 aliphatic heterocycles. The van der Waals surface area contributed by atoms with E-state index < -0.39 is 36.2 Å². The number of carbonyl (C=O) groups excluding carboxylic acids is 3. The lowest BCUT2D eigenvalue weighted by molar-refractivity contribution is -0.143. The van der Waals surface area contributed by atoms with E-state index in [-0.39, 0.29) is 27.9 Å². The Bertz CT molecular complexity index is 1990. The zero-order valence-electron chi connectivity index (χ0n) is 24.6. The monoisotopic (exact) mass is 654 g/mol. The number of anilines is 1. The Balaban J connectivity index is 1.37. The molecule has 6 N–H and O–H groups in total. The zero-order valence-corrected chi connectivity index (χ0v) is 25.4. The van der Waals surface area contributed by atoms with Crippen molar-refractivity contribution in [1.82, 2.24) is 20.3 Å². The summed E-state index contributed by atoms with van der Waals surface area (Å²) < 4.78 is 0. The summed E-state index contributed by atoms with van der Waals surface area (Å²) in [5.74, 6) is 7.40. The van der Waals surface area contributed by atoms with Crippen LogP contribution in [0.2, 0.25) is 5.02 Å². The number of benzene rings is 2. The number of carboxylic acids is 2. The molecule has 2 aromatic heterocycles. The average Bonchev–Trinajstić information content (AvgIpc) is 3.06. The lowest BCUT2D eigenvalue weighted by Crippen LogP contribution is -2.47. The predicted molar refractivity (Wildman–Crippen MR) is 171 cm³/mol. The molecule has 4 aromatic rings. The van der Waals surface area contributed by atoms with Crippen LogP contribution in [0.1, 0.15) is 57.5 Å². The number of amides is 3. The zero-order chi connectivity index (χ0) is 33.7. The number of nitrogens with zero attached hydrogens (tertiary/aromatic N) is 3. The molecule has 0 radical (unpaired) electrons. The van der Waals surface area contributed by atoms with Gasteiger partial charge in [0.2, 0.25) is 5.91 Å². The molecule has 1 aliphatic rings. The van der Waals surface area contributed by atoms with Crippen LogP contribution >= 0.6 is 11.6 Å². The van der Waals surface area contributed by atoms with Crippen LogP contribution in [0.5, 0.6) is 0 Å². The number of rotatable bonds is 7. The number of carbonyl (C=O) groups is 5. The van der Waals surface area contributed by atoms with Crippen LogP contribution in [0.25, 0.3) is 22.2 Å². The molecule has 238 valence electrons. The number of aliphatic carboxylic acids is 2.